The molecule has 1 unspecified atom stereocenters. The van der Waals surface area contributed by atoms with Crippen LogP contribution in [-0.4, -0.2) is 52.8 Å². The van der Waals surface area contributed by atoms with Gasteiger partial charge in [0.1, 0.15) is 23.9 Å². The number of alkyl halides is 2. The Bertz CT molecular complexity index is 1280. The quantitative estimate of drug-likeness (QED) is 0.657. The Morgan fingerprint density at radius 3 is 2.58 bits per heavy atom. The first kappa shape index (κ1) is 20.9. The first-order valence-electron chi connectivity index (χ1n) is 10.1. The molecule has 1 atom stereocenters. The number of ether oxygens (including phenoxy) is 1. The molecule has 0 bridgehead atoms. The third kappa shape index (κ3) is 3.38. The summed E-state index contributed by atoms with van der Waals surface area (Å²) in [5, 5.41) is 0. The molecule has 0 fully saturated rings. The van der Waals surface area contributed by atoms with E-state index in [1.54, 1.807) is 42.7 Å². The van der Waals surface area contributed by atoms with Gasteiger partial charge in [0.2, 0.25) is 0 Å². The number of benzene rings is 1. The summed E-state index contributed by atoms with van der Waals surface area (Å²) in [6, 6.07) is 9.56. The van der Waals surface area contributed by atoms with E-state index in [9.17, 15) is 13.2 Å². The van der Waals surface area contributed by atoms with E-state index in [2.05, 4.69) is 20.0 Å². The second-order valence-electron chi connectivity index (χ2n) is 7.81. The number of hydrogen-bond acceptors (Lipinski definition) is 7. The molecule has 2 aliphatic rings. The Morgan fingerprint density at radius 1 is 1.03 bits per heavy atom. The lowest BCUT2D eigenvalue weighted by atomic mass is 9.81. The number of hydrogen-bond donors (Lipinski definition) is 1. The third-order valence-electron chi connectivity index (χ3n) is 5.73. The Kier molecular flexibility index (Phi) is 4.80. The lowest BCUT2D eigenvalue weighted by Gasteiger charge is -2.35. The van der Waals surface area contributed by atoms with Crippen LogP contribution in [0.2, 0.25) is 0 Å². The smallest absolute Gasteiger partial charge is 0.284 e. The Balaban J connectivity index is 1.75. The van der Waals surface area contributed by atoms with Gasteiger partial charge in [0.05, 0.1) is 19.9 Å². The van der Waals surface area contributed by atoms with E-state index in [-0.39, 0.29) is 17.4 Å². The van der Waals surface area contributed by atoms with Crippen LogP contribution in [0.3, 0.4) is 0 Å². The maximum atomic E-state index is 14.9. The van der Waals surface area contributed by atoms with E-state index >= 15 is 0 Å². The Labute approximate surface area is 187 Å². The van der Waals surface area contributed by atoms with Crippen LogP contribution >= 0.6 is 0 Å². The minimum atomic E-state index is -3.04. The average Bonchev–Trinajstić information content (AvgIpc) is 3.11. The molecule has 0 radical (unpaired) electrons. The van der Waals surface area contributed by atoms with Crippen molar-refractivity contribution in [3.63, 3.8) is 0 Å². The highest BCUT2D eigenvalue weighted by atomic mass is 19.3. The summed E-state index contributed by atoms with van der Waals surface area (Å²) in [5.41, 5.74) is 6.66. The SMILES string of the molecule is COc1cncc(-c2cc(C3(c4ccncc4)N=C(N)N4CC(F)(F)CN=C43)ccc2F)c1. The number of amidine groups is 1. The molecule has 7 nitrogen and oxygen atoms in total. The van der Waals surface area contributed by atoms with Gasteiger partial charge in [-0.3, -0.25) is 19.9 Å². The van der Waals surface area contributed by atoms with Crippen LogP contribution < -0.4 is 10.5 Å². The number of aromatic nitrogens is 2. The number of methoxy groups -OCH3 is 1. The number of fused-ring (bicyclic) bond motifs is 1. The number of halogens is 3. The first-order chi connectivity index (χ1) is 15.8. The summed E-state index contributed by atoms with van der Waals surface area (Å²) in [6.07, 6.45) is 6.17. The zero-order valence-corrected chi connectivity index (χ0v) is 17.5. The topological polar surface area (TPSA) is 89.0 Å². The van der Waals surface area contributed by atoms with Gasteiger partial charge in [-0.1, -0.05) is 6.07 Å². The second kappa shape index (κ2) is 7.58. The van der Waals surface area contributed by atoms with Gasteiger partial charge in [0.15, 0.2) is 11.5 Å². The molecule has 5 rings (SSSR count). The summed E-state index contributed by atoms with van der Waals surface area (Å²) in [7, 11) is 1.49. The second-order valence-corrected chi connectivity index (χ2v) is 7.81. The molecule has 2 aromatic heterocycles. The van der Waals surface area contributed by atoms with Gasteiger partial charge in [0, 0.05) is 29.7 Å². The van der Waals surface area contributed by atoms with Crippen LogP contribution in [-0.2, 0) is 5.54 Å². The molecule has 4 heterocycles. The number of rotatable bonds is 4. The largest absolute Gasteiger partial charge is 0.495 e. The summed E-state index contributed by atoms with van der Waals surface area (Å²) >= 11 is 0. The minimum absolute atomic E-state index is 0.0844. The van der Waals surface area contributed by atoms with Crippen molar-refractivity contribution in [2.24, 2.45) is 15.7 Å². The van der Waals surface area contributed by atoms with E-state index in [4.69, 9.17) is 10.5 Å². The maximum Gasteiger partial charge on any atom is 0.284 e. The van der Waals surface area contributed by atoms with Crippen LogP contribution in [0.1, 0.15) is 11.1 Å². The van der Waals surface area contributed by atoms with Gasteiger partial charge in [-0.25, -0.2) is 18.2 Å². The summed E-state index contributed by atoms with van der Waals surface area (Å²) in [5.74, 6) is -2.88. The number of nitrogens with two attached hydrogens (primary N) is 1. The maximum absolute atomic E-state index is 14.9. The highest BCUT2D eigenvalue weighted by Crippen LogP contribution is 2.44. The van der Waals surface area contributed by atoms with Crippen molar-refractivity contribution in [3.8, 4) is 16.9 Å². The van der Waals surface area contributed by atoms with Gasteiger partial charge < -0.3 is 10.5 Å². The molecule has 0 spiro atoms. The number of guanidine groups is 1. The monoisotopic (exact) mass is 452 g/mol. The fraction of sp³-hybridized carbons (Fsp3) is 0.217. The highest BCUT2D eigenvalue weighted by Gasteiger charge is 2.53. The molecule has 0 saturated carbocycles. The van der Waals surface area contributed by atoms with E-state index in [1.165, 1.54) is 30.5 Å². The predicted molar refractivity (Wildman–Crippen MR) is 117 cm³/mol. The van der Waals surface area contributed by atoms with Crippen molar-refractivity contribution in [2.75, 3.05) is 20.2 Å². The van der Waals surface area contributed by atoms with Gasteiger partial charge >= 0.3 is 0 Å². The number of nitrogens with zero attached hydrogens (tertiary/aromatic N) is 5. The van der Waals surface area contributed by atoms with E-state index in [1.807, 2.05) is 0 Å². The van der Waals surface area contributed by atoms with Crippen molar-refractivity contribution >= 4 is 11.8 Å². The first-order valence-corrected chi connectivity index (χ1v) is 10.1. The molecule has 1 aromatic carbocycles. The summed E-state index contributed by atoms with van der Waals surface area (Å²) < 4.78 is 48.4. The molecular formula is C23H19F3N6O. The van der Waals surface area contributed by atoms with Crippen LogP contribution in [0.4, 0.5) is 13.2 Å². The molecule has 168 valence electrons. The van der Waals surface area contributed by atoms with Crippen molar-refractivity contribution in [1.82, 2.24) is 14.9 Å². The number of aliphatic imine (C=N–C) groups is 2. The molecule has 0 amide bonds. The predicted octanol–water partition coefficient (Wildman–Crippen LogP) is 3.21. The molecule has 3 aromatic rings. The fourth-order valence-corrected chi connectivity index (χ4v) is 4.21. The van der Waals surface area contributed by atoms with Gasteiger partial charge in [-0.2, -0.15) is 0 Å². The van der Waals surface area contributed by atoms with Crippen molar-refractivity contribution in [1.29, 1.82) is 0 Å². The normalized spacial score (nSPS) is 21.3. The molecule has 2 aliphatic heterocycles. The van der Waals surface area contributed by atoms with E-state index in [0.29, 0.717) is 22.4 Å². The third-order valence-corrected chi connectivity index (χ3v) is 5.73. The minimum Gasteiger partial charge on any atom is -0.495 e. The molecule has 0 saturated heterocycles. The van der Waals surface area contributed by atoms with E-state index < -0.39 is 30.4 Å². The highest BCUT2D eigenvalue weighted by molar-refractivity contribution is 6.12. The van der Waals surface area contributed by atoms with Crippen LogP contribution in [0.25, 0.3) is 11.1 Å². The average molecular weight is 452 g/mol. The van der Waals surface area contributed by atoms with Crippen molar-refractivity contribution < 1.29 is 17.9 Å². The van der Waals surface area contributed by atoms with Gasteiger partial charge in [0.25, 0.3) is 5.92 Å². The number of pyridine rings is 2. The molecular weight excluding hydrogens is 433 g/mol. The van der Waals surface area contributed by atoms with Crippen LogP contribution in [0.15, 0.2) is 71.2 Å². The zero-order valence-electron chi connectivity index (χ0n) is 17.5. The summed E-state index contributed by atoms with van der Waals surface area (Å²) in [4.78, 5) is 18.2. The van der Waals surface area contributed by atoms with Gasteiger partial charge in [-0.15, -0.1) is 0 Å². The standard InChI is InChI=1S/C23H19F3N6O/c1-33-17-8-14(10-29-11-17)18-9-16(2-3-19(18)24)23(15-4-6-28-7-5-15)20-30-12-22(25,26)13-32(20)21(27)31-23/h2-11H,12-13H2,1H3,(H2,27,31). The Hall–Kier alpha value is -3.95. The van der Waals surface area contributed by atoms with Crippen LogP contribution in [0.5, 0.6) is 5.75 Å². The zero-order chi connectivity index (χ0) is 23.2. The van der Waals surface area contributed by atoms with Crippen LogP contribution in [0, 0.1) is 5.82 Å². The fourth-order valence-electron chi connectivity index (χ4n) is 4.21. The van der Waals surface area contributed by atoms with Crippen molar-refractivity contribution in [2.45, 2.75) is 11.5 Å². The van der Waals surface area contributed by atoms with E-state index in [0.717, 1.165) is 0 Å². The van der Waals surface area contributed by atoms with Crippen molar-refractivity contribution in [3.05, 3.63) is 78.1 Å². The molecule has 2 N–H and O–H groups in total. The Morgan fingerprint density at radius 2 is 1.82 bits per heavy atom. The lowest BCUT2D eigenvalue weighted by Crippen LogP contribution is -2.53. The van der Waals surface area contributed by atoms with Gasteiger partial charge in [-0.05, 0) is 41.5 Å². The lowest BCUT2D eigenvalue weighted by molar-refractivity contribution is -0.00437. The molecule has 10 heteroatoms. The molecule has 0 aliphatic carbocycles. The summed E-state index contributed by atoms with van der Waals surface area (Å²) in [6.45, 7) is -1.33. The molecule has 33 heavy (non-hydrogen) atoms.